The van der Waals surface area contributed by atoms with Crippen molar-refractivity contribution in [3.8, 4) is 22.9 Å². The van der Waals surface area contributed by atoms with Crippen LogP contribution in [0, 0.1) is 5.92 Å². The number of amides is 1. The molecule has 1 atom stereocenters. The molecule has 3 heterocycles. The summed E-state index contributed by atoms with van der Waals surface area (Å²) in [5.74, 6) is 5.22. The third-order valence-electron chi connectivity index (χ3n) is 5.93. The summed E-state index contributed by atoms with van der Waals surface area (Å²) in [6.07, 6.45) is 4.50. The fourth-order valence-corrected chi connectivity index (χ4v) is 4.97. The summed E-state index contributed by atoms with van der Waals surface area (Å²) in [6.45, 7) is 2.81. The second kappa shape index (κ2) is 12.6. The van der Waals surface area contributed by atoms with Crippen LogP contribution in [0.1, 0.15) is 30.9 Å². The van der Waals surface area contributed by atoms with Gasteiger partial charge < -0.3 is 23.7 Å². The summed E-state index contributed by atoms with van der Waals surface area (Å²) in [6, 6.07) is 9.39. The molecule has 35 heavy (non-hydrogen) atoms. The molecule has 1 aliphatic rings. The van der Waals surface area contributed by atoms with Crippen molar-refractivity contribution in [3.05, 3.63) is 48.2 Å². The van der Waals surface area contributed by atoms with Crippen molar-refractivity contribution in [2.45, 2.75) is 31.6 Å². The van der Waals surface area contributed by atoms with Crippen LogP contribution in [-0.4, -0.2) is 60.6 Å². The number of piperidine rings is 1. The molecule has 4 rings (SSSR count). The number of hydrogen-bond acceptors (Lipinski definition) is 9. The number of nitrogens with zero attached hydrogens (tertiary/aromatic N) is 3. The van der Waals surface area contributed by atoms with Gasteiger partial charge in [-0.3, -0.25) is 9.69 Å². The first-order chi connectivity index (χ1) is 17.2. The predicted molar refractivity (Wildman–Crippen MR) is 133 cm³/mol. The van der Waals surface area contributed by atoms with Crippen LogP contribution >= 0.6 is 11.8 Å². The Morgan fingerprint density at radius 3 is 2.94 bits per heavy atom. The van der Waals surface area contributed by atoms with Gasteiger partial charge in [0.15, 0.2) is 11.5 Å². The zero-order valence-corrected chi connectivity index (χ0v) is 21.0. The summed E-state index contributed by atoms with van der Waals surface area (Å²) in [5, 5.41) is 7.22. The molecule has 9 nitrogen and oxygen atoms in total. The lowest BCUT2D eigenvalue weighted by Crippen LogP contribution is -2.43. The molecule has 3 aromatic rings. The Hall–Kier alpha value is -2.98. The van der Waals surface area contributed by atoms with Crippen molar-refractivity contribution in [1.82, 2.24) is 20.4 Å². The first-order valence-corrected chi connectivity index (χ1v) is 13.0. The number of carbonyl (C=O) groups excluding carboxylic acids is 1. The molecular formula is C25H32N4O5S. The van der Waals surface area contributed by atoms with Gasteiger partial charge in [0.2, 0.25) is 17.6 Å². The highest BCUT2D eigenvalue weighted by Crippen LogP contribution is 2.31. The lowest BCUT2D eigenvalue weighted by Gasteiger charge is -2.30. The van der Waals surface area contributed by atoms with Crippen LogP contribution in [0.5, 0.6) is 11.5 Å². The summed E-state index contributed by atoms with van der Waals surface area (Å²) < 4.78 is 21.5. The molecule has 1 amide bonds. The molecule has 0 spiro atoms. The lowest BCUT2D eigenvalue weighted by atomic mass is 9.97. The van der Waals surface area contributed by atoms with E-state index in [1.54, 1.807) is 20.5 Å². The van der Waals surface area contributed by atoms with Gasteiger partial charge in [0.05, 0.1) is 38.7 Å². The molecule has 0 saturated carbocycles. The average Bonchev–Trinajstić information content (AvgIpc) is 3.58. The third-order valence-corrected chi connectivity index (χ3v) is 7.00. The molecule has 1 fully saturated rings. The smallest absolute Gasteiger partial charge is 0.241 e. The second-order valence-electron chi connectivity index (χ2n) is 8.43. The topological polar surface area (TPSA) is 103 Å². The molecule has 1 N–H and O–H groups in total. The van der Waals surface area contributed by atoms with E-state index in [9.17, 15) is 4.79 Å². The highest BCUT2D eigenvalue weighted by Gasteiger charge is 2.26. The molecule has 10 heteroatoms. The summed E-state index contributed by atoms with van der Waals surface area (Å²) in [5.41, 5.74) is 0.788. The van der Waals surface area contributed by atoms with Gasteiger partial charge in [-0.15, -0.1) is 0 Å². The zero-order chi connectivity index (χ0) is 24.5. The van der Waals surface area contributed by atoms with Crippen molar-refractivity contribution in [3.63, 3.8) is 0 Å². The number of hydrogen-bond donors (Lipinski definition) is 1. The highest BCUT2D eigenvalue weighted by molar-refractivity contribution is 7.98. The first-order valence-electron chi connectivity index (χ1n) is 11.8. The lowest BCUT2D eigenvalue weighted by molar-refractivity contribution is -0.126. The summed E-state index contributed by atoms with van der Waals surface area (Å²) >= 11 is 1.81. The largest absolute Gasteiger partial charge is 0.493 e. The monoisotopic (exact) mass is 500 g/mol. The number of aromatic nitrogens is 2. The van der Waals surface area contributed by atoms with Crippen LogP contribution in [0.25, 0.3) is 11.4 Å². The van der Waals surface area contributed by atoms with Crippen LogP contribution in [0.3, 0.4) is 0 Å². The summed E-state index contributed by atoms with van der Waals surface area (Å²) in [4.78, 5) is 19.4. The number of methoxy groups -OCH3 is 2. The molecule has 0 radical (unpaired) electrons. The maximum atomic E-state index is 12.7. The van der Waals surface area contributed by atoms with Gasteiger partial charge in [-0.25, -0.2) is 0 Å². The minimum Gasteiger partial charge on any atom is -0.493 e. The minimum atomic E-state index is -0.0206. The molecule has 188 valence electrons. The molecule has 1 saturated heterocycles. The molecule has 1 unspecified atom stereocenters. The van der Waals surface area contributed by atoms with Crippen LogP contribution in [0.4, 0.5) is 0 Å². The van der Waals surface area contributed by atoms with Gasteiger partial charge >= 0.3 is 0 Å². The van der Waals surface area contributed by atoms with Crippen LogP contribution < -0.4 is 14.8 Å². The van der Waals surface area contributed by atoms with Gasteiger partial charge in [-0.05, 0) is 61.9 Å². The SMILES string of the molecule is COc1ccc(-c2noc(CN3CCCC(C(=O)NCCCSCc4ccco4)C3)n2)cc1OC. The highest BCUT2D eigenvalue weighted by atomic mass is 32.2. The van der Waals surface area contributed by atoms with Gasteiger partial charge in [-0.2, -0.15) is 16.7 Å². The number of nitrogens with one attached hydrogen (secondary N) is 1. The number of furan rings is 1. The van der Waals surface area contributed by atoms with Gasteiger partial charge in [0.1, 0.15) is 5.76 Å². The van der Waals surface area contributed by atoms with Crippen molar-refractivity contribution in [1.29, 1.82) is 0 Å². The van der Waals surface area contributed by atoms with Gasteiger partial charge in [-0.1, -0.05) is 5.16 Å². The van der Waals surface area contributed by atoms with Gasteiger partial charge in [0, 0.05) is 18.7 Å². The number of carbonyl (C=O) groups is 1. The Morgan fingerprint density at radius 2 is 2.14 bits per heavy atom. The fourth-order valence-electron chi connectivity index (χ4n) is 4.11. The molecular weight excluding hydrogens is 468 g/mol. The second-order valence-corrected chi connectivity index (χ2v) is 9.54. The van der Waals surface area contributed by atoms with E-state index in [4.69, 9.17) is 18.4 Å². The fraction of sp³-hybridized carbons (Fsp3) is 0.480. The Bertz CT molecular complexity index is 1070. The standard InChI is InChI=1S/C25H32N4O5S/c1-31-21-9-8-18(14-22(21)32-2)24-27-23(34-28-24)16-29-11-3-6-19(15-29)25(30)26-10-5-13-35-17-20-7-4-12-33-20/h4,7-9,12,14,19H,3,5-6,10-11,13,15-17H2,1-2H3,(H,26,30). The quantitative estimate of drug-likeness (QED) is 0.370. The van der Waals surface area contributed by atoms with Crippen molar-refractivity contribution in [2.24, 2.45) is 5.92 Å². The molecule has 0 aliphatic carbocycles. The Balaban J connectivity index is 1.21. The average molecular weight is 501 g/mol. The van der Waals surface area contributed by atoms with E-state index < -0.39 is 0 Å². The van der Waals surface area contributed by atoms with E-state index in [0.29, 0.717) is 42.8 Å². The van der Waals surface area contributed by atoms with Crippen molar-refractivity contribution in [2.75, 3.05) is 39.6 Å². The molecule has 2 aromatic heterocycles. The van der Waals surface area contributed by atoms with E-state index in [0.717, 1.165) is 48.6 Å². The zero-order valence-electron chi connectivity index (χ0n) is 20.2. The normalized spacial score (nSPS) is 16.2. The number of benzene rings is 1. The minimum absolute atomic E-state index is 0.0206. The van der Waals surface area contributed by atoms with E-state index in [-0.39, 0.29) is 11.8 Å². The van der Waals surface area contributed by atoms with E-state index in [1.165, 1.54) is 0 Å². The Morgan fingerprint density at radius 1 is 1.26 bits per heavy atom. The molecule has 1 aromatic carbocycles. The maximum Gasteiger partial charge on any atom is 0.241 e. The molecule has 0 bridgehead atoms. The number of ether oxygens (including phenoxy) is 2. The van der Waals surface area contributed by atoms with E-state index >= 15 is 0 Å². The Labute approximate surface area is 209 Å². The van der Waals surface area contributed by atoms with Crippen molar-refractivity contribution < 1.29 is 23.2 Å². The molecule has 1 aliphatic heterocycles. The van der Waals surface area contributed by atoms with E-state index in [2.05, 4.69) is 20.4 Å². The van der Waals surface area contributed by atoms with Crippen LogP contribution in [0.2, 0.25) is 0 Å². The first kappa shape index (κ1) is 25.1. The number of likely N-dealkylation sites (tertiary alicyclic amines) is 1. The predicted octanol–water partition coefficient (Wildman–Crippen LogP) is 4.00. The van der Waals surface area contributed by atoms with Crippen LogP contribution in [0.15, 0.2) is 45.5 Å². The third kappa shape index (κ3) is 7.02. The van der Waals surface area contributed by atoms with Gasteiger partial charge in [0.25, 0.3) is 0 Å². The Kier molecular flexibility index (Phi) is 9.08. The number of thioether (sulfide) groups is 1. The van der Waals surface area contributed by atoms with Crippen molar-refractivity contribution >= 4 is 17.7 Å². The van der Waals surface area contributed by atoms with E-state index in [1.807, 2.05) is 42.1 Å². The number of rotatable bonds is 12. The summed E-state index contributed by atoms with van der Waals surface area (Å²) in [7, 11) is 3.19. The maximum absolute atomic E-state index is 12.7. The van der Waals surface area contributed by atoms with Crippen LogP contribution in [-0.2, 0) is 17.1 Å².